The van der Waals surface area contributed by atoms with E-state index in [-0.39, 0.29) is 5.41 Å². The Kier molecular flexibility index (Phi) is 5.69. The van der Waals surface area contributed by atoms with Crippen molar-refractivity contribution in [1.82, 2.24) is 0 Å². The summed E-state index contributed by atoms with van der Waals surface area (Å²) in [6, 6.07) is 9.94. The largest absolute Gasteiger partial charge is 0.494 e. The van der Waals surface area contributed by atoms with Gasteiger partial charge < -0.3 is 4.74 Å². The molecule has 0 aromatic heterocycles. The number of para-hydroxylation sites is 1. The van der Waals surface area contributed by atoms with E-state index in [4.69, 9.17) is 4.74 Å². The molecule has 1 aromatic rings. The van der Waals surface area contributed by atoms with Gasteiger partial charge in [0.05, 0.1) is 6.61 Å². The second-order valence-electron chi connectivity index (χ2n) is 3.99. The van der Waals surface area contributed by atoms with E-state index in [0.717, 1.165) is 29.4 Å². The Morgan fingerprint density at radius 1 is 1.13 bits per heavy atom. The first-order chi connectivity index (χ1) is 7.20. The lowest BCUT2D eigenvalue weighted by Gasteiger charge is -2.24. The molecule has 3 heteroatoms. The lowest BCUT2D eigenvalue weighted by molar-refractivity contribution is 0.251. The third-order valence-corrected chi connectivity index (χ3v) is 5.07. The maximum Gasteiger partial charge on any atom is 0.119 e. The van der Waals surface area contributed by atoms with Gasteiger partial charge in [0.25, 0.3) is 0 Å². The summed E-state index contributed by atoms with van der Waals surface area (Å²) in [5.41, 5.74) is 0.273. The second kappa shape index (κ2) is 6.54. The standard InChI is InChI=1S/C12H16Br2O/c1-12(9-13,10-14)7-8-15-11-5-3-2-4-6-11/h2-6H,7-10H2,1H3. The number of hydrogen-bond donors (Lipinski definition) is 0. The minimum Gasteiger partial charge on any atom is -0.494 e. The average Bonchev–Trinajstić information content (AvgIpc) is 2.30. The maximum atomic E-state index is 5.66. The van der Waals surface area contributed by atoms with Crippen LogP contribution in [0.5, 0.6) is 5.75 Å². The minimum atomic E-state index is 0.273. The van der Waals surface area contributed by atoms with Gasteiger partial charge >= 0.3 is 0 Å². The SMILES string of the molecule is CC(CBr)(CBr)CCOc1ccccc1. The molecule has 0 saturated heterocycles. The Morgan fingerprint density at radius 2 is 1.73 bits per heavy atom. The van der Waals surface area contributed by atoms with Gasteiger partial charge in [0.1, 0.15) is 5.75 Å². The van der Waals surface area contributed by atoms with Crippen LogP contribution < -0.4 is 4.74 Å². The van der Waals surface area contributed by atoms with Crippen molar-refractivity contribution in [3.8, 4) is 5.75 Å². The monoisotopic (exact) mass is 334 g/mol. The fourth-order valence-corrected chi connectivity index (χ4v) is 2.59. The Hall–Kier alpha value is -0.0200. The molecule has 0 spiro atoms. The first-order valence-electron chi connectivity index (χ1n) is 5.00. The van der Waals surface area contributed by atoms with E-state index in [2.05, 4.69) is 38.8 Å². The highest BCUT2D eigenvalue weighted by atomic mass is 79.9. The molecule has 1 nitrogen and oxygen atoms in total. The predicted molar refractivity (Wildman–Crippen MR) is 72.2 cm³/mol. The maximum absolute atomic E-state index is 5.66. The highest BCUT2D eigenvalue weighted by Gasteiger charge is 2.21. The smallest absolute Gasteiger partial charge is 0.119 e. The van der Waals surface area contributed by atoms with E-state index in [9.17, 15) is 0 Å². The Morgan fingerprint density at radius 3 is 2.27 bits per heavy atom. The Labute approximate surface area is 108 Å². The van der Waals surface area contributed by atoms with E-state index in [1.807, 2.05) is 30.3 Å². The van der Waals surface area contributed by atoms with Gasteiger partial charge in [-0.25, -0.2) is 0 Å². The van der Waals surface area contributed by atoms with Crippen molar-refractivity contribution < 1.29 is 4.74 Å². The molecule has 1 aromatic carbocycles. The summed E-state index contributed by atoms with van der Waals surface area (Å²) in [5.74, 6) is 0.948. The Bertz CT molecular complexity index is 270. The summed E-state index contributed by atoms with van der Waals surface area (Å²) in [6.07, 6.45) is 1.04. The van der Waals surface area contributed by atoms with Crippen LogP contribution in [0.1, 0.15) is 13.3 Å². The van der Waals surface area contributed by atoms with Crippen molar-refractivity contribution in [2.45, 2.75) is 13.3 Å². The van der Waals surface area contributed by atoms with Crippen molar-refractivity contribution in [3.05, 3.63) is 30.3 Å². The number of alkyl halides is 2. The topological polar surface area (TPSA) is 9.23 Å². The van der Waals surface area contributed by atoms with Gasteiger partial charge in [0.15, 0.2) is 0 Å². The van der Waals surface area contributed by atoms with Crippen LogP contribution in [0.25, 0.3) is 0 Å². The summed E-state index contributed by atoms with van der Waals surface area (Å²) in [4.78, 5) is 0. The van der Waals surface area contributed by atoms with E-state index in [0.29, 0.717) is 0 Å². The van der Waals surface area contributed by atoms with Crippen molar-refractivity contribution in [3.63, 3.8) is 0 Å². The molecule has 0 atom stereocenters. The third kappa shape index (κ3) is 4.56. The lowest BCUT2D eigenvalue weighted by Crippen LogP contribution is -2.23. The average molecular weight is 336 g/mol. The molecule has 0 radical (unpaired) electrons. The van der Waals surface area contributed by atoms with Crippen LogP contribution in [-0.2, 0) is 0 Å². The highest BCUT2D eigenvalue weighted by Crippen LogP contribution is 2.26. The molecule has 0 bridgehead atoms. The summed E-state index contributed by atoms with van der Waals surface area (Å²) in [5, 5.41) is 1.98. The molecule has 0 fully saturated rings. The normalized spacial score (nSPS) is 11.4. The minimum absolute atomic E-state index is 0.273. The van der Waals surface area contributed by atoms with Gasteiger partial charge in [-0.05, 0) is 24.0 Å². The molecule has 84 valence electrons. The van der Waals surface area contributed by atoms with E-state index in [1.54, 1.807) is 0 Å². The van der Waals surface area contributed by atoms with E-state index in [1.165, 1.54) is 0 Å². The van der Waals surface area contributed by atoms with Gasteiger partial charge in [0, 0.05) is 10.7 Å². The van der Waals surface area contributed by atoms with Crippen LogP contribution in [-0.4, -0.2) is 17.3 Å². The Balaban J connectivity index is 2.33. The molecule has 0 aliphatic rings. The van der Waals surface area contributed by atoms with Crippen LogP contribution in [0.2, 0.25) is 0 Å². The summed E-state index contributed by atoms with van der Waals surface area (Å²) >= 11 is 7.07. The molecule has 15 heavy (non-hydrogen) atoms. The molecule has 0 aliphatic carbocycles. The molecule has 0 heterocycles. The molecule has 0 aliphatic heterocycles. The van der Waals surface area contributed by atoms with Crippen molar-refractivity contribution in [2.75, 3.05) is 17.3 Å². The van der Waals surface area contributed by atoms with Crippen LogP contribution in [0, 0.1) is 5.41 Å². The van der Waals surface area contributed by atoms with Gasteiger partial charge in [-0.15, -0.1) is 0 Å². The summed E-state index contributed by atoms with van der Waals surface area (Å²) in [6.45, 7) is 3.00. The fraction of sp³-hybridized carbons (Fsp3) is 0.500. The molecular weight excluding hydrogens is 320 g/mol. The molecule has 0 unspecified atom stereocenters. The number of benzene rings is 1. The molecule has 0 N–H and O–H groups in total. The quantitative estimate of drug-likeness (QED) is 0.706. The zero-order chi connectivity index (χ0) is 11.1. The van der Waals surface area contributed by atoms with Crippen LogP contribution in [0.4, 0.5) is 0 Å². The number of hydrogen-bond acceptors (Lipinski definition) is 1. The van der Waals surface area contributed by atoms with E-state index >= 15 is 0 Å². The van der Waals surface area contributed by atoms with Crippen LogP contribution in [0.3, 0.4) is 0 Å². The number of rotatable bonds is 6. The van der Waals surface area contributed by atoms with Crippen LogP contribution >= 0.6 is 31.9 Å². The van der Waals surface area contributed by atoms with Gasteiger partial charge in [-0.1, -0.05) is 57.0 Å². The molecular formula is C12H16Br2O. The number of ether oxygens (including phenoxy) is 1. The molecule has 0 amide bonds. The van der Waals surface area contributed by atoms with Gasteiger partial charge in [-0.3, -0.25) is 0 Å². The predicted octanol–water partition coefficient (Wildman–Crippen LogP) is 4.25. The highest BCUT2D eigenvalue weighted by molar-refractivity contribution is 9.09. The first kappa shape index (κ1) is 13.0. The van der Waals surface area contributed by atoms with Crippen LogP contribution in [0.15, 0.2) is 30.3 Å². The first-order valence-corrected chi connectivity index (χ1v) is 7.24. The lowest BCUT2D eigenvalue weighted by atomic mass is 9.93. The van der Waals surface area contributed by atoms with Crippen molar-refractivity contribution >= 4 is 31.9 Å². The van der Waals surface area contributed by atoms with Gasteiger partial charge in [0.2, 0.25) is 0 Å². The van der Waals surface area contributed by atoms with Crippen molar-refractivity contribution in [2.24, 2.45) is 5.41 Å². The van der Waals surface area contributed by atoms with Gasteiger partial charge in [-0.2, -0.15) is 0 Å². The second-order valence-corrected chi connectivity index (χ2v) is 5.11. The zero-order valence-electron chi connectivity index (χ0n) is 8.88. The van der Waals surface area contributed by atoms with E-state index < -0.39 is 0 Å². The zero-order valence-corrected chi connectivity index (χ0v) is 12.1. The third-order valence-electron chi connectivity index (χ3n) is 2.36. The molecule has 0 saturated carbocycles. The molecule has 1 rings (SSSR count). The summed E-state index contributed by atoms with van der Waals surface area (Å²) in [7, 11) is 0. The van der Waals surface area contributed by atoms with Crippen molar-refractivity contribution in [1.29, 1.82) is 0 Å². The fourth-order valence-electron chi connectivity index (χ4n) is 1.10. The number of halogens is 2. The summed E-state index contributed by atoms with van der Waals surface area (Å²) < 4.78 is 5.66.